The van der Waals surface area contributed by atoms with Crippen molar-refractivity contribution in [2.45, 2.75) is 20.4 Å². The minimum absolute atomic E-state index is 0.295. The van der Waals surface area contributed by atoms with Crippen LogP contribution in [0.1, 0.15) is 28.7 Å². The van der Waals surface area contributed by atoms with Crippen LogP contribution in [-0.2, 0) is 6.54 Å². The van der Waals surface area contributed by atoms with Crippen molar-refractivity contribution in [1.82, 2.24) is 15.0 Å². The van der Waals surface area contributed by atoms with Gasteiger partial charge in [-0.2, -0.15) is 0 Å². The molecule has 3 aromatic rings. The fraction of sp³-hybridized carbons (Fsp3) is 0.200. The predicted molar refractivity (Wildman–Crippen MR) is 104 cm³/mol. The molecule has 0 fully saturated rings. The number of benzene rings is 1. The van der Waals surface area contributed by atoms with Crippen molar-refractivity contribution >= 4 is 17.5 Å². The van der Waals surface area contributed by atoms with Crippen LogP contribution in [0.2, 0.25) is 0 Å². The van der Waals surface area contributed by atoms with Gasteiger partial charge < -0.3 is 15.4 Å². The molecule has 1 amide bonds. The number of carbonyl (C=O) groups is 1. The van der Waals surface area contributed by atoms with Gasteiger partial charge in [0.2, 0.25) is 5.95 Å². The molecule has 7 nitrogen and oxygen atoms in total. The van der Waals surface area contributed by atoms with Crippen molar-refractivity contribution < 1.29 is 9.53 Å². The molecule has 27 heavy (non-hydrogen) atoms. The van der Waals surface area contributed by atoms with Gasteiger partial charge in [-0.05, 0) is 61.9 Å². The number of aryl methyl sites for hydroxylation is 1. The van der Waals surface area contributed by atoms with Crippen LogP contribution in [0.25, 0.3) is 0 Å². The molecule has 0 radical (unpaired) electrons. The van der Waals surface area contributed by atoms with Gasteiger partial charge in [0.05, 0.1) is 6.61 Å². The van der Waals surface area contributed by atoms with E-state index in [1.54, 1.807) is 30.6 Å². The maximum Gasteiger partial charge on any atom is 0.274 e. The molecule has 0 aliphatic rings. The predicted octanol–water partition coefficient (Wildman–Crippen LogP) is 3.44. The Balaban J connectivity index is 1.68. The second-order valence-corrected chi connectivity index (χ2v) is 5.84. The second kappa shape index (κ2) is 8.75. The molecule has 0 bridgehead atoms. The SMILES string of the molecule is CCOc1ccc(NC(=O)c2cc(C)nc(NCc3ccncc3)n2)cc1. The summed E-state index contributed by atoms with van der Waals surface area (Å²) >= 11 is 0. The van der Waals surface area contributed by atoms with Crippen LogP contribution in [0.15, 0.2) is 54.9 Å². The lowest BCUT2D eigenvalue weighted by Crippen LogP contribution is -2.16. The van der Waals surface area contributed by atoms with Crippen molar-refractivity contribution in [3.05, 3.63) is 71.8 Å². The monoisotopic (exact) mass is 363 g/mol. The van der Waals surface area contributed by atoms with Crippen LogP contribution < -0.4 is 15.4 Å². The Kier molecular flexibility index (Phi) is 5.94. The number of carbonyl (C=O) groups excluding carboxylic acids is 1. The summed E-state index contributed by atoms with van der Waals surface area (Å²) in [4.78, 5) is 25.2. The van der Waals surface area contributed by atoms with Gasteiger partial charge in [-0.3, -0.25) is 9.78 Å². The van der Waals surface area contributed by atoms with E-state index in [0.29, 0.717) is 36.2 Å². The summed E-state index contributed by atoms with van der Waals surface area (Å²) in [6.07, 6.45) is 3.45. The molecule has 7 heteroatoms. The fourth-order valence-electron chi connectivity index (χ4n) is 2.44. The summed E-state index contributed by atoms with van der Waals surface area (Å²) in [5.74, 6) is 0.872. The smallest absolute Gasteiger partial charge is 0.274 e. The molecule has 0 saturated heterocycles. The summed E-state index contributed by atoms with van der Waals surface area (Å²) in [5, 5.41) is 5.97. The Morgan fingerprint density at radius 1 is 1.07 bits per heavy atom. The molecule has 0 unspecified atom stereocenters. The van der Waals surface area contributed by atoms with E-state index < -0.39 is 0 Å². The Hall–Kier alpha value is -3.48. The zero-order valence-corrected chi connectivity index (χ0v) is 15.3. The third-order valence-corrected chi connectivity index (χ3v) is 3.71. The molecule has 2 heterocycles. The lowest BCUT2D eigenvalue weighted by Gasteiger charge is -2.09. The molecule has 2 N–H and O–H groups in total. The molecule has 3 rings (SSSR count). The lowest BCUT2D eigenvalue weighted by molar-refractivity contribution is 0.102. The molecule has 138 valence electrons. The number of nitrogens with zero attached hydrogens (tertiary/aromatic N) is 3. The molecule has 1 aromatic carbocycles. The van der Waals surface area contributed by atoms with Gasteiger partial charge in [0.15, 0.2) is 0 Å². The summed E-state index contributed by atoms with van der Waals surface area (Å²) in [7, 11) is 0. The quantitative estimate of drug-likeness (QED) is 0.668. The van der Waals surface area contributed by atoms with E-state index in [-0.39, 0.29) is 5.91 Å². The fourth-order valence-corrected chi connectivity index (χ4v) is 2.44. The number of aromatic nitrogens is 3. The Labute approximate surface area is 157 Å². The van der Waals surface area contributed by atoms with Crippen LogP contribution in [-0.4, -0.2) is 27.5 Å². The summed E-state index contributed by atoms with van der Waals surface area (Å²) in [6.45, 7) is 4.90. The van der Waals surface area contributed by atoms with Gasteiger partial charge in [-0.1, -0.05) is 0 Å². The molecular formula is C20H21N5O2. The van der Waals surface area contributed by atoms with E-state index in [2.05, 4.69) is 25.6 Å². The van der Waals surface area contributed by atoms with E-state index in [1.807, 2.05) is 38.1 Å². The number of hydrogen-bond acceptors (Lipinski definition) is 6. The van der Waals surface area contributed by atoms with Gasteiger partial charge in [0.1, 0.15) is 11.4 Å². The molecule has 0 atom stereocenters. The van der Waals surface area contributed by atoms with Crippen LogP contribution in [0.5, 0.6) is 5.75 Å². The number of anilines is 2. The first-order chi connectivity index (χ1) is 13.1. The summed E-state index contributed by atoms with van der Waals surface area (Å²) < 4.78 is 5.40. The summed E-state index contributed by atoms with van der Waals surface area (Å²) in [6, 6.07) is 12.7. The largest absolute Gasteiger partial charge is 0.494 e. The van der Waals surface area contributed by atoms with Crippen molar-refractivity contribution in [3.63, 3.8) is 0 Å². The average Bonchev–Trinajstić information content (AvgIpc) is 2.68. The topological polar surface area (TPSA) is 89.0 Å². The number of hydrogen-bond donors (Lipinski definition) is 2. The van der Waals surface area contributed by atoms with Gasteiger partial charge >= 0.3 is 0 Å². The van der Waals surface area contributed by atoms with Gasteiger partial charge in [-0.15, -0.1) is 0 Å². The van der Waals surface area contributed by atoms with E-state index >= 15 is 0 Å². The van der Waals surface area contributed by atoms with E-state index in [4.69, 9.17) is 4.74 Å². The number of pyridine rings is 1. The highest BCUT2D eigenvalue weighted by molar-refractivity contribution is 6.03. The third-order valence-electron chi connectivity index (χ3n) is 3.71. The van der Waals surface area contributed by atoms with Crippen LogP contribution in [0, 0.1) is 6.92 Å². The highest BCUT2D eigenvalue weighted by Gasteiger charge is 2.11. The van der Waals surface area contributed by atoms with Crippen molar-refractivity contribution in [2.24, 2.45) is 0 Å². The maximum absolute atomic E-state index is 12.5. The minimum Gasteiger partial charge on any atom is -0.494 e. The minimum atomic E-state index is -0.295. The van der Waals surface area contributed by atoms with Gasteiger partial charge in [0.25, 0.3) is 5.91 Å². The zero-order valence-electron chi connectivity index (χ0n) is 15.3. The van der Waals surface area contributed by atoms with E-state index in [1.165, 1.54) is 0 Å². The lowest BCUT2D eigenvalue weighted by atomic mass is 10.2. The Bertz CT molecular complexity index is 898. The second-order valence-electron chi connectivity index (χ2n) is 5.84. The first-order valence-corrected chi connectivity index (χ1v) is 8.66. The van der Waals surface area contributed by atoms with Crippen LogP contribution in [0.4, 0.5) is 11.6 Å². The normalized spacial score (nSPS) is 10.3. The number of nitrogens with one attached hydrogen (secondary N) is 2. The summed E-state index contributed by atoms with van der Waals surface area (Å²) in [5.41, 5.74) is 2.73. The van der Waals surface area contributed by atoms with Crippen molar-refractivity contribution in [1.29, 1.82) is 0 Å². The first-order valence-electron chi connectivity index (χ1n) is 8.66. The number of rotatable bonds is 7. The number of ether oxygens (including phenoxy) is 1. The zero-order chi connectivity index (χ0) is 19.1. The van der Waals surface area contributed by atoms with Crippen molar-refractivity contribution in [2.75, 3.05) is 17.2 Å². The van der Waals surface area contributed by atoms with Gasteiger partial charge in [-0.25, -0.2) is 9.97 Å². The highest BCUT2D eigenvalue weighted by Crippen LogP contribution is 2.16. The molecule has 0 saturated carbocycles. The van der Waals surface area contributed by atoms with Crippen molar-refractivity contribution in [3.8, 4) is 5.75 Å². The molecule has 0 aliphatic heterocycles. The maximum atomic E-state index is 12.5. The standard InChI is InChI=1S/C20H21N5O2/c1-3-27-17-6-4-16(5-7-17)24-19(26)18-12-14(2)23-20(25-18)22-13-15-8-10-21-11-9-15/h4-12H,3,13H2,1-2H3,(H,24,26)(H,22,23,25). The Morgan fingerprint density at radius 2 is 1.81 bits per heavy atom. The van der Waals surface area contributed by atoms with Crippen LogP contribution in [0.3, 0.4) is 0 Å². The van der Waals surface area contributed by atoms with E-state index in [9.17, 15) is 4.79 Å². The first kappa shape index (κ1) is 18.3. The molecule has 0 spiro atoms. The Morgan fingerprint density at radius 3 is 2.52 bits per heavy atom. The molecule has 0 aliphatic carbocycles. The van der Waals surface area contributed by atoms with Crippen LogP contribution >= 0.6 is 0 Å². The molecule has 2 aromatic heterocycles. The van der Waals surface area contributed by atoms with E-state index in [0.717, 1.165) is 11.3 Å². The number of amides is 1. The highest BCUT2D eigenvalue weighted by atomic mass is 16.5. The van der Waals surface area contributed by atoms with Gasteiger partial charge in [0, 0.05) is 30.3 Å². The molecular weight excluding hydrogens is 342 g/mol. The average molecular weight is 363 g/mol. The third kappa shape index (κ3) is 5.24.